The van der Waals surface area contributed by atoms with Crippen LogP contribution in [0.1, 0.15) is 36.3 Å². The third-order valence-corrected chi connectivity index (χ3v) is 4.12. The zero-order valence-electron chi connectivity index (χ0n) is 14.1. The van der Waals surface area contributed by atoms with E-state index in [4.69, 9.17) is 10.5 Å². The minimum absolute atomic E-state index is 0.0248. The molecular formula is C21H21N3O. The Hall–Kier alpha value is -3.11. The number of hydrogen-bond acceptors (Lipinski definition) is 3. The molecule has 0 fully saturated rings. The summed E-state index contributed by atoms with van der Waals surface area (Å²) in [5.41, 5.74) is 2.17. The fourth-order valence-electron chi connectivity index (χ4n) is 2.83. The molecule has 0 atom stereocenters. The Morgan fingerprint density at radius 2 is 1.28 bits per heavy atom. The molecule has 4 nitrogen and oxygen atoms in total. The van der Waals surface area contributed by atoms with E-state index >= 15 is 0 Å². The second-order valence-electron chi connectivity index (χ2n) is 5.78. The summed E-state index contributed by atoms with van der Waals surface area (Å²) in [4.78, 5) is 14.4. The van der Waals surface area contributed by atoms with Crippen molar-refractivity contribution in [1.29, 1.82) is 10.5 Å². The third-order valence-electron chi connectivity index (χ3n) is 4.12. The maximum atomic E-state index is 12.8. The van der Waals surface area contributed by atoms with Crippen LogP contribution in [0.25, 0.3) is 0 Å². The highest BCUT2D eigenvalue weighted by Crippen LogP contribution is 2.28. The van der Waals surface area contributed by atoms with Crippen molar-refractivity contribution in [3.05, 3.63) is 71.8 Å². The summed E-state index contributed by atoms with van der Waals surface area (Å²) in [5.74, 6) is -0.0650. The normalized spacial score (nSPS) is 10.0. The summed E-state index contributed by atoms with van der Waals surface area (Å²) in [7, 11) is 0. The number of rotatable bonds is 8. The molecule has 0 radical (unpaired) electrons. The fourth-order valence-corrected chi connectivity index (χ4v) is 2.83. The van der Waals surface area contributed by atoms with Gasteiger partial charge in [0.25, 0.3) is 0 Å². The number of carbonyl (C=O) groups excluding carboxylic acids is 1. The lowest BCUT2D eigenvalue weighted by atomic mass is 9.88. The van der Waals surface area contributed by atoms with E-state index in [2.05, 4.69) is 12.1 Å². The van der Waals surface area contributed by atoms with Crippen molar-refractivity contribution in [3.63, 3.8) is 0 Å². The van der Waals surface area contributed by atoms with E-state index in [0.717, 1.165) is 11.1 Å². The molecular weight excluding hydrogens is 310 g/mol. The second-order valence-corrected chi connectivity index (χ2v) is 5.78. The predicted octanol–water partition coefficient (Wildman–Crippen LogP) is 3.86. The number of carbonyl (C=O) groups is 1. The smallest absolute Gasteiger partial charge is 0.223 e. The molecule has 0 aliphatic rings. The Kier molecular flexibility index (Phi) is 7.22. The molecule has 0 heterocycles. The summed E-state index contributed by atoms with van der Waals surface area (Å²) in [5, 5.41) is 17.6. The Bertz CT molecular complexity index is 687. The van der Waals surface area contributed by atoms with E-state index in [9.17, 15) is 4.79 Å². The maximum absolute atomic E-state index is 12.8. The maximum Gasteiger partial charge on any atom is 0.223 e. The summed E-state index contributed by atoms with van der Waals surface area (Å²) >= 11 is 0. The molecule has 2 aromatic carbocycles. The molecule has 0 aliphatic carbocycles. The van der Waals surface area contributed by atoms with E-state index in [1.807, 2.05) is 60.7 Å². The molecule has 0 saturated heterocycles. The molecule has 0 aliphatic heterocycles. The average Bonchev–Trinajstić information content (AvgIpc) is 2.67. The first-order chi connectivity index (χ1) is 12.3. The molecule has 4 heteroatoms. The van der Waals surface area contributed by atoms with E-state index in [1.54, 1.807) is 4.90 Å². The molecule has 0 saturated carbocycles. The molecule has 25 heavy (non-hydrogen) atoms. The van der Waals surface area contributed by atoms with Gasteiger partial charge in [-0.05, 0) is 11.1 Å². The van der Waals surface area contributed by atoms with Gasteiger partial charge < -0.3 is 4.90 Å². The Labute approximate surface area is 148 Å². The molecule has 2 rings (SSSR count). The van der Waals surface area contributed by atoms with Crippen molar-refractivity contribution in [3.8, 4) is 12.1 Å². The van der Waals surface area contributed by atoms with Gasteiger partial charge in [0.2, 0.25) is 5.91 Å². The van der Waals surface area contributed by atoms with Gasteiger partial charge in [-0.3, -0.25) is 4.79 Å². The van der Waals surface area contributed by atoms with Gasteiger partial charge in [-0.1, -0.05) is 60.7 Å². The summed E-state index contributed by atoms with van der Waals surface area (Å²) in [6.45, 7) is 0.737. The van der Waals surface area contributed by atoms with Gasteiger partial charge in [-0.15, -0.1) is 0 Å². The third kappa shape index (κ3) is 5.48. The first-order valence-corrected chi connectivity index (χ1v) is 8.38. The van der Waals surface area contributed by atoms with Crippen molar-refractivity contribution in [2.75, 3.05) is 13.1 Å². The number of hydrogen-bond donors (Lipinski definition) is 0. The van der Waals surface area contributed by atoms with Crippen LogP contribution in [0.4, 0.5) is 0 Å². The molecule has 1 amide bonds. The highest BCUT2D eigenvalue weighted by atomic mass is 16.2. The van der Waals surface area contributed by atoms with E-state index < -0.39 is 0 Å². The zero-order valence-corrected chi connectivity index (χ0v) is 14.1. The lowest BCUT2D eigenvalue weighted by molar-refractivity contribution is -0.131. The number of amides is 1. The minimum Gasteiger partial charge on any atom is -0.341 e. The number of nitriles is 2. The van der Waals surface area contributed by atoms with Gasteiger partial charge in [0.1, 0.15) is 0 Å². The van der Waals surface area contributed by atoms with Crippen LogP contribution in [0.3, 0.4) is 0 Å². The molecule has 0 aromatic heterocycles. The van der Waals surface area contributed by atoms with Crippen molar-refractivity contribution in [1.82, 2.24) is 4.90 Å². The quantitative estimate of drug-likeness (QED) is 0.737. The van der Waals surface area contributed by atoms with E-state index in [-0.39, 0.29) is 24.7 Å². The minimum atomic E-state index is -0.0402. The first kappa shape index (κ1) is 18.2. The molecule has 0 bridgehead atoms. The standard InChI is InChI=1S/C21H21N3O/c22-13-7-15-24(16-8-14-23)21(25)17-20(18-9-3-1-4-10-18)19-11-5-2-6-12-19/h1-6,9-12,20H,7-8,15-17H2. The summed E-state index contributed by atoms with van der Waals surface area (Å²) in [6, 6.07) is 24.0. The summed E-state index contributed by atoms with van der Waals surface area (Å²) < 4.78 is 0. The van der Waals surface area contributed by atoms with Crippen molar-refractivity contribution < 1.29 is 4.79 Å². The first-order valence-electron chi connectivity index (χ1n) is 8.38. The predicted molar refractivity (Wildman–Crippen MR) is 96.4 cm³/mol. The SMILES string of the molecule is N#CCCN(CCC#N)C(=O)CC(c1ccccc1)c1ccccc1. The van der Waals surface area contributed by atoms with Crippen LogP contribution in [0.15, 0.2) is 60.7 Å². The Balaban J connectivity index is 2.21. The van der Waals surface area contributed by atoms with Gasteiger partial charge in [0.15, 0.2) is 0 Å². The Morgan fingerprint density at radius 1 is 0.840 bits per heavy atom. The number of benzene rings is 2. The van der Waals surface area contributed by atoms with Crippen molar-refractivity contribution >= 4 is 5.91 Å². The highest BCUT2D eigenvalue weighted by molar-refractivity contribution is 5.78. The lowest BCUT2D eigenvalue weighted by Gasteiger charge is -2.24. The molecule has 0 unspecified atom stereocenters. The van der Waals surface area contributed by atoms with Gasteiger partial charge in [-0.25, -0.2) is 0 Å². The van der Waals surface area contributed by atoms with Gasteiger partial charge in [0.05, 0.1) is 25.0 Å². The molecule has 2 aromatic rings. The van der Waals surface area contributed by atoms with Gasteiger partial charge >= 0.3 is 0 Å². The molecule has 0 N–H and O–H groups in total. The lowest BCUT2D eigenvalue weighted by Crippen LogP contribution is -2.33. The van der Waals surface area contributed by atoms with Crippen LogP contribution >= 0.6 is 0 Å². The zero-order chi connectivity index (χ0) is 17.9. The fraction of sp³-hybridized carbons (Fsp3) is 0.286. The van der Waals surface area contributed by atoms with E-state index in [1.165, 1.54) is 0 Å². The van der Waals surface area contributed by atoms with Crippen LogP contribution in [0.5, 0.6) is 0 Å². The largest absolute Gasteiger partial charge is 0.341 e. The van der Waals surface area contributed by atoms with Gasteiger partial charge in [-0.2, -0.15) is 10.5 Å². The van der Waals surface area contributed by atoms with Crippen LogP contribution in [0, 0.1) is 22.7 Å². The van der Waals surface area contributed by atoms with Crippen molar-refractivity contribution in [2.45, 2.75) is 25.2 Å². The van der Waals surface area contributed by atoms with Crippen molar-refractivity contribution in [2.24, 2.45) is 0 Å². The number of nitrogens with zero attached hydrogens (tertiary/aromatic N) is 3. The highest BCUT2D eigenvalue weighted by Gasteiger charge is 2.21. The average molecular weight is 331 g/mol. The topological polar surface area (TPSA) is 67.9 Å². The Morgan fingerprint density at radius 3 is 1.68 bits per heavy atom. The monoisotopic (exact) mass is 331 g/mol. The molecule has 0 spiro atoms. The second kappa shape index (κ2) is 9.90. The molecule has 126 valence electrons. The van der Waals surface area contributed by atoms with Crippen LogP contribution < -0.4 is 0 Å². The van der Waals surface area contributed by atoms with Crippen LogP contribution in [0.2, 0.25) is 0 Å². The van der Waals surface area contributed by atoms with Gasteiger partial charge in [0, 0.05) is 25.4 Å². The van der Waals surface area contributed by atoms with E-state index in [0.29, 0.717) is 19.5 Å². The van der Waals surface area contributed by atoms with Crippen LogP contribution in [-0.4, -0.2) is 23.9 Å². The van der Waals surface area contributed by atoms with Crippen LogP contribution in [-0.2, 0) is 4.79 Å². The summed E-state index contributed by atoms with van der Waals surface area (Å²) in [6.07, 6.45) is 0.877.